The standard InChI is InChI=1S/C24H23N3O4S/c1-4-30-19-9-7-17(8-10-19)20-15-32-24(26-20)27-23(28)18(14-25)12-16-6-11-21(31-5-2)22(13-16)29-3/h6-13,15H,4-5H2,1-3H3,(H,26,27,28). The van der Waals surface area contributed by atoms with Crippen molar-refractivity contribution in [3.8, 4) is 34.6 Å². The van der Waals surface area contributed by atoms with Gasteiger partial charge in [0, 0.05) is 10.9 Å². The van der Waals surface area contributed by atoms with Crippen molar-refractivity contribution < 1.29 is 19.0 Å². The molecule has 7 nitrogen and oxygen atoms in total. The Balaban J connectivity index is 1.74. The molecular weight excluding hydrogens is 426 g/mol. The number of methoxy groups -OCH3 is 1. The average molecular weight is 450 g/mol. The Morgan fingerprint density at radius 3 is 2.53 bits per heavy atom. The number of nitriles is 1. The van der Waals surface area contributed by atoms with Gasteiger partial charge in [-0.2, -0.15) is 5.26 Å². The molecule has 0 aliphatic heterocycles. The molecule has 1 aromatic heterocycles. The van der Waals surface area contributed by atoms with Crippen LogP contribution in [-0.4, -0.2) is 31.2 Å². The van der Waals surface area contributed by atoms with Crippen LogP contribution >= 0.6 is 11.3 Å². The molecule has 0 aliphatic carbocycles. The smallest absolute Gasteiger partial charge is 0.268 e. The summed E-state index contributed by atoms with van der Waals surface area (Å²) in [4.78, 5) is 17.1. The Kier molecular flexibility index (Phi) is 7.84. The zero-order chi connectivity index (χ0) is 22.9. The Labute approximate surface area is 190 Å². The summed E-state index contributed by atoms with van der Waals surface area (Å²) in [7, 11) is 1.54. The van der Waals surface area contributed by atoms with Crippen LogP contribution in [0.3, 0.4) is 0 Å². The number of nitrogens with zero attached hydrogens (tertiary/aromatic N) is 2. The summed E-state index contributed by atoms with van der Waals surface area (Å²) in [5, 5.41) is 14.4. The lowest BCUT2D eigenvalue weighted by atomic mass is 10.1. The fourth-order valence-electron chi connectivity index (χ4n) is 2.88. The Morgan fingerprint density at radius 2 is 1.88 bits per heavy atom. The molecule has 0 spiro atoms. The third-order valence-corrected chi connectivity index (χ3v) is 5.11. The van der Waals surface area contributed by atoms with Crippen molar-refractivity contribution in [2.75, 3.05) is 25.6 Å². The van der Waals surface area contributed by atoms with Crippen molar-refractivity contribution in [3.05, 3.63) is 59.0 Å². The van der Waals surface area contributed by atoms with Crippen LogP contribution in [0.2, 0.25) is 0 Å². The minimum absolute atomic E-state index is 0.0472. The van der Waals surface area contributed by atoms with Crippen molar-refractivity contribution >= 4 is 28.5 Å². The Morgan fingerprint density at radius 1 is 1.12 bits per heavy atom. The van der Waals surface area contributed by atoms with E-state index in [0.29, 0.717) is 35.4 Å². The molecule has 0 radical (unpaired) electrons. The van der Waals surface area contributed by atoms with Gasteiger partial charge in [0.2, 0.25) is 0 Å². The highest BCUT2D eigenvalue weighted by atomic mass is 32.1. The molecule has 0 unspecified atom stereocenters. The lowest BCUT2D eigenvalue weighted by Gasteiger charge is -2.09. The highest BCUT2D eigenvalue weighted by Gasteiger charge is 2.14. The minimum atomic E-state index is -0.534. The Bertz CT molecular complexity index is 1150. The lowest BCUT2D eigenvalue weighted by molar-refractivity contribution is -0.112. The molecule has 2 aromatic carbocycles. The number of benzene rings is 2. The molecule has 0 fully saturated rings. The SMILES string of the molecule is CCOc1ccc(-c2csc(NC(=O)C(C#N)=Cc3ccc(OCC)c(OC)c3)n2)cc1. The van der Waals surface area contributed by atoms with Gasteiger partial charge >= 0.3 is 0 Å². The molecule has 32 heavy (non-hydrogen) atoms. The Hall–Kier alpha value is -3.83. The second-order valence-electron chi connectivity index (χ2n) is 6.46. The highest BCUT2D eigenvalue weighted by Crippen LogP contribution is 2.29. The summed E-state index contributed by atoms with van der Waals surface area (Å²) in [6, 6.07) is 14.7. The van der Waals surface area contributed by atoms with Crippen molar-refractivity contribution in [3.63, 3.8) is 0 Å². The number of hydrogen-bond acceptors (Lipinski definition) is 7. The molecule has 0 saturated heterocycles. The van der Waals surface area contributed by atoms with E-state index in [2.05, 4.69) is 10.3 Å². The predicted molar refractivity (Wildman–Crippen MR) is 125 cm³/mol. The molecule has 0 atom stereocenters. The molecule has 3 aromatic rings. The van der Waals surface area contributed by atoms with Crippen LogP contribution in [0.5, 0.6) is 17.2 Å². The normalized spacial score (nSPS) is 10.9. The molecule has 0 bridgehead atoms. The fraction of sp³-hybridized carbons (Fsp3) is 0.208. The number of ether oxygens (including phenoxy) is 3. The maximum absolute atomic E-state index is 12.6. The summed E-state index contributed by atoms with van der Waals surface area (Å²) >= 11 is 1.29. The van der Waals surface area contributed by atoms with E-state index in [0.717, 1.165) is 17.0 Å². The van der Waals surface area contributed by atoms with E-state index in [1.54, 1.807) is 18.2 Å². The second kappa shape index (κ2) is 11.0. The number of thiazole rings is 1. The van der Waals surface area contributed by atoms with Crippen LogP contribution in [0.25, 0.3) is 17.3 Å². The van der Waals surface area contributed by atoms with Gasteiger partial charge < -0.3 is 14.2 Å². The first-order valence-electron chi connectivity index (χ1n) is 10.0. The van der Waals surface area contributed by atoms with Crippen molar-refractivity contribution in [2.24, 2.45) is 0 Å². The molecule has 164 valence electrons. The number of nitrogens with one attached hydrogen (secondary N) is 1. The van der Waals surface area contributed by atoms with Gasteiger partial charge in [0.1, 0.15) is 17.4 Å². The zero-order valence-electron chi connectivity index (χ0n) is 18.0. The maximum atomic E-state index is 12.6. The predicted octanol–water partition coefficient (Wildman–Crippen LogP) is 5.16. The summed E-state index contributed by atoms with van der Waals surface area (Å²) in [6.07, 6.45) is 1.49. The zero-order valence-corrected chi connectivity index (χ0v) is 18.9. The van der Waals surface area contributed by atoms with Gasteiger partial charge in [-0.3, -0.25) is 10.1 Å². The molecule has 0 aliphatic rings. The number of rotatable bonds is 9. The molecule has 3 rings (SSSR count). The lowest BCUT2D eigenvalue weighted by Crippen LogP contribution is -2.13. The van der Waals surface area contributed by atoms with E-state index in [1.165, 1.54) is 24.5 Å². The first kappa shape index (κ1) is 22.8. The van der Waals surface area contributed by atoms with Crippen LogP contribution < -0.4 is 19.5 Å². The number of carbonyl (C=O) groups is 1. The first-order valence-corrected chi connectivity index (χ1v) is 10.9. The molecule has 1 N–H and O–H groups in total. The summed E-state index contributed by atoms with van der Waals surface area (Å²) < 4.78 is 16.3. The molecular formula is C24H23N3O4S. The molecule has 8 heteroatoms. The van der Waals surface area contributed by atoms with E-state index in [9.17, 15) is 10.1 Å². The quantitative estimate of drug-likeness (QED) is 0.358. The van der Waals surface area contributed by atoms with Crippen LogP contribution in [-0.2, 0) is 4.79 Å². The molecule has 0 saturated carbocycles. The van der Waals surface area contributed by atoms with Crippen LogP contribution in [0, 0.1) is 11.3 Å². The van der Waals surface area contributed by atoms with Gasteiger partial charge in [-0.15, -0.1) is 11.3 Å². The topological polar surface area (TPSA) is 93.5 Å². The number of aromatic nitrogens is 1. The van der Waals surface area contributed by atoms with E-state index in [-0.39, 0.29) is 5.57 Å². The third kappa shape index (κ3) is 5.65. The molecule has 1 heterocycles. The molecule has 1 amide bonds. The number of carbonyl (C=O) groups excluding carboxylic acids is 1. The van der Waals surface area contributed by atoms with E-state index in [4.69, 9.17) is 14.2 Å². The highest BCUT2D eigenvalue weighted by molar-refractivity contribution is 7.14. The summed E-state index contributed by atoms with van der Waals surface area (Å²) in [5.41, 5.74) is 2.23. The number of hydrogen-bond donors (Lipinski definition) is 1. The van der Waals surface area contributed by atoms with Crippen molar-refractivity contribution in [1.82, 2.24) is 4.98 Å². The fourth-order valence-corrected chi connectivity index (χ4v) is 3.60. The van der Waals surface area contributed by atoms with Crippen LogP contribution in [0.15, 0.2) is 53.4 Å². The number of anilines is 1. The van der Waals surface area contributed by atoms with Gasteiger partial charge in [-0.25, -0.2) is 4.98 Å². The largest absolute Gasteiger partial charge is 0.494 e. The second-order valence-corrected chi connectivity index (χ2v) is 7.32. The number of amides is 1. The van der Waals surface area contributed by atoms with Crippen molar-refractivity contribution in [2.45, 2.75) is 13.8 Å². The summed E-state index contributed by atoms with van der Waals surface area (Å²) in [6.45, 7) is 4.92. The summed E-state index contributed by atoms with van der Waals surface area (Å²) in [5.74, 6) is 1.38. The van der Waals surface area contributed by atoms with E-state index >= 15 is 0 Å². The maximum Gasteiger partial charge on any atom is 0.268 e. The van der Waals surface area contributed by atoms with Gasteiger partial charge in [0.15, 0.2) is 16.6 Å². The van der Waals surface area contributed by atoms with Crippen LogP contribution in [0.4, 0.5) is 5.13 Å². The van der Waals surface area contributed by atoms with Gasteiger partial charge in [-0.1, -0.05) is 6.07 Å². The van der Waals surface area contributed by atoms with E-state index < -0.39 is 5.91 Å². The average Bonchev–Trinajstić information content (AvgIpc) is 3.27. The van der Waals surface area contributed by atoms with Crippen molar-refractivity contribution in [1.29, 1.82) is 5.26 Å². The van der Waals surface area contributed by atoms with Crippen LogP contribution in [0.1, 0.15) is 19.4 Å². The minimum Gasteiger partial charge on any atom is -0.494 e. The monoisotopic (exact) mass is 449 g/mol. The third-order valence-electron chi connectivity index (χ3n) is 4.35. The van der Waals surface area contributed by atoms with Gasteiger partial charge in [0.05, 0.1) is 26.0 Å². The van der Waals surface area contributed by atoms with Gasteiger partial charge in [-0.05, 0) is 61.9 Å². The van der Waals surface area contributed by atoms with Gasteiger partial charge in [0.25, 0.3) is 5.91 Å². The van der Waals surface area contributed by atoms with E-state index in [1.807, 2.05) is 49.6 Å². The first-order chi connectivity index (χ1) is 15.6.